The minimum absolute atomic E-state index is 0.257. The number of furan rings is 1. The molecular weight excluding hydrogens is 821 g/mol. The summed E-state index contributed by atoms with van der Waals surface area (Å²) in [6, 6.07) is 1.68. The van der Waals surface area contributed by atoms with Crippen molar-refractivity contribution in [2.75, 3.05) is 38.7 Å². The van der Waals surface area contributed by atoms with E-state index in [9.17, 15) is 14.4 Å². The van der Waals surface area contributed by atoms with E-state index in [1.54, 1.807) is 40.0 Å². The Labute approximate surface area is 342 Å². The van der Waals surface area contributed by atoms with Crippen molar-refractivity contribution in [2.45, 2.75) is 75.6 Å². The van der Waals surface area contributed by atoms with E-state index >= 15 is 0 Å². The summed E-state index contributed by atoms with van der Waals surface area (Å²) in [5, 5.41) is 1.64. The number of hydrogen-bond acceptors (Lipinski definition) is 12. The Balaban J connectivity index is 0.000000194. The van der Waals surface area contributed by atoms with Crippen LogP contribution in [0.2, 0.25) is 0 Å². The van der Waals surface area contributed by atoms with Crippen LogP contribution in [0.3, 0.4) is 0 Å². The molecular formula is C39H45BrN8O6S2. The third-order valence-corrected chi connectivity index (χ3v) is 10.5. The Morgan fingerprint density at radius 1 is 0.804 bits per heavy atom. The number of thioether (sulfide) groups is 2. The first kappa shape index (κ1) is 41.0. The van der Waals surface area contributed by atoms with Crippen molar-refractivity contribution in [3.05, 3.63) is 71.0 Å². The Bertz CT molecular complexity index is 2330. The SMILES string of the molecule is CSc1nc(C2=CCCN(C(=O)OC(C)(C)C)C2)cn2c(-c3coc(C=O)c3)cnc12.CSc1nc(C2=CCCN(C(=O)OC(C)(C)C)C2)cn2c(Br)cnc12. The summed E-state index contributed by atoms with van der Waals surface area (Å²) >= 11 is 6.58. The second-order valence-electron chi connectivity index (χ2n) is 15.1. The van der Waals surface area contributed by atoms with Crippen LogP contribution in [0.1, 0.15) is 76.3 Å². The molecule has 0 aromatic carbocycles. The molecule has 0 aliphatic carbocycles. The molecule has 296 valence electrons. The third-order valence-electron chi connectivity index (χ3n) is 8.56. The number of ether oxygens (including phenoxy) is 2. The molecule has 5 aromatic rings. The van der Waals surface area contributed by atoms with Gasteiger partial charge in [-0.1, -0.05) is 12.2 Å². The lowest BCUT2D eigenvalue weighted by Crippen LogP contribution is -2.39. The van der Waals surface area contributed by atoms with Gasteiger partial charge in [0.1, 0.15) is 32.1 Å². The first-order valence-corrected chi connectivity index (χ1v) is 21.2. The van der Waals surface area contributed by atoms with Crippen molar-refractivity contribution in [3.63, 3.8) is 0 Å². The molecule has 0 N–H and O–H groups in total. The molecule has 5 aromatic heterocycles. The van der Waals surface area contributed by atoms with Crippen LogP contribution in [-0.2, 0) is 9.47 Å². The van der Waals surface area contributed by atoms with Crippen molar-refractivity contribution < 1.29 is 28.3 Å². The number of halogens is 1. The number of hydrogen-bond donors (Lipinski definition) is 0. The molecule has 0 saturated heterocycles. The zero-order valence-corrected chi connectivity index (χ0v) is 35.9. The quantitative estimate of drug-likeness (QED) is 0.119. The molecule has 2 aliphatic heterocycles. The molecule has 14 nitrogen and oxygen atoms in total. The smallest absolute Gasteiger partial charge is 0.410 e. The van der Waals surface area contributed by atoms with Crippen LogP contribution in [0.4, 0.5) is 9.59 Å². The predicted molar refractivity (Wildman–Crippen MR) is 221 cm³/mol. The predicted octanol–water partition coefficient (Wildman–Crippen LogP) is 8.79. The molecule has 0 saturated carbocycles. The molecule has 0 radical (unpaired) electrons. The van der Waals surface area contributed by atoms with Crippen molar-refractivity contribution in [1.82, 2.24) is 38.5 Å². The summed E-state index contributed by atoms with van der Waals surface area (Å²) in [7, 11) is 0. The van der Waals surface area contributed by atoms with Crippen molar-refractivity contribution >= 4 is 80.4 Å². The Hall–Kier alpha value is -4.61. The minimum Gasteiger partial charge on any atom is -0.461 e. The van der Waals surface area contributed by atoms with E-state index in [-0.39, 0.29) is 17.9 Å². The topological polar surface area (TPSA) is 150 Å². The lowest BCUT2D eigenvalue weighted by molar-refractivity contribution is 0.0262. The van der Waals surface area contributed by atoms with Gasteiger partial charge in [-0.2, -0.15) is 0 Å². The van der Waals surface area contributed by atoms with Gasteiger partial charge in [-0.15, -0.1) is 23.5 Å². The number of fused-ring (bicyclic) bond motifs is 2. The highest BCUT2D eigenvalue weighted by Gasteiger charge is 2.27. The average molecular weight is 866 g/mol. The molecule has 0 bridgehead atoms. The van der Waals surface area contributed by atoms with Gasteiger partial charge in [-0.25, -0.2) is 29.5 Å². The highest BCUT2D eigenvalue weighted by Crippen LogP contribution is 2.31. The number of carbonyl (C=O) groups is 3. The molecule has 7 rings (SSSR count). The summed E-state index contributed by atoms with van der Waals surface area (Å²) in [6.07, 6.45) is 18.7. The van der Waals surface area contributed by atoms with Crippen LogP contribution in [0, 0.1) is 0 Å². The number of nitrogens with zero attached hydrogens (tertiary/aromatic N) is 8. The lowest BCUT2D eigenvalue weighted by atomic mass is 10.1. The van der Waals surface area contributed by atoms with Crippen molar-refractivity contribution in [1.29, 1.82) is 0 Å². The summed E-state index contributed by atoms with van der Waals surface area (Å²) in [5.74, 6) is 0.257. The monoisotopic (exact) mass is 864 g/mol. The van der Waals surface area contributed by atoms with Gasteiger partial charge in [0.15, 0.2) is 23.3 Å². The Kier molecular flexibility index (Phi) is 12.4. The number of carbonyl (C=O) groups excluding carboxylic acids is 3. The number of imidazole rings is 2. The van der Waals surface area contributed by atoms with Crippen LogP contribution in [0.5, 0.6) is 0 Å². The number of aromatic nitrogens is 6. The van der Waals surface area contributed by atoms with Gasteiger partial charge in [-0.05, 0) is 100 Å². The normalized spacial score (nSPS) is 14.9. The molecule has 0 unspecified atom stereocenters. The largest absolute Gasteiger partial charge is 0.461 e. The van der Waals surface area contributed by atoms with Crippen LogP contribution >= 0.6 is 39.5 Å². The van der Waals surface area contributed by atoms with Crippen LogP contribution in [0.25, 0.3) is 33.7 Å². The van der Waals surface area contributed by atoms with Gasteiger partial charge >= 0.3 is 12.2 Å². The summed E-state index contributed by atoms with van der Waals surface area (Å²) < 4.78 is 21.1. The zero-order chi connectivity index (χ0) is 40.4. The summed E-state index contributed by atoms with van der Waals surface area (Å²) in [4.78, 5) is 57.8. The van der Waals surface area contributed by atoms with E-state index in [0.29, 0.717) is 32.5 Å². The standard InChI is InChI=1S/C22H24N4O4S.C17H21BrN4O2S/c1-22(2,3)30-21(28)25-7-5-6-14(10-25)17-11-26-18(15-8-16(12-27)29-13-15)9-23-19(26)20(24-17)31-4;1-17(2,3)24-16(23)21-7-5-6-11(9-21)12-10-22-13(18)8-19-14(22)15(20-12)25-4/h6,8-9,11-13H,5,7,10H2,1-4H3;6,8,10H,5,7,9H2,1-4H3. The number of rotatable bonds is 6. The molecule has 2 amide bonds. The fourth-order valence-corrected chi connectivity index (χ4v) is 7.48. The maximum absolute atomic E-state index is 12.6. The second-order valence-corrected chi connectivity index (χ2v) is 17.5. The minimum atomic E-state index is -0.543. The fraction of sp³-hybridized carbons (Fsp3) is 0.410. The maximum atomic E-state index is 12.6. The molecule has 0 atom stereocenters. The molecule has 0 fully saturated rings. The highest BCUT2D eigenvalue weighted by atomic mass is 79.9. The number of amides is 2. The summed E-state index contributed by atoms with van der Waals surface area (Å²) in [6.45, 7) is 13.4. The van der Waals surface area contributed by atoms with E-state index in [0.717, 1.165) is 72.6 Å². The van der Waals surface area contributed by atoms with Crippen LogP contribution in [-0.4, -0.2) is 107 Å². The molecule has 2 aliphatic rings. The first-order valence-electron chi connectivity index (χ1n) is 18.0. The molecule has 56 heavy (non-hydrogen) atoms. The zero-order valence-electron chi connectivity index (χ0n) is 32.7. The van der Waals surface area contributed by atoms with E-state index in [4.69, 9.17) is 23.9 Å². The summed E-state index contributed by atoms with van der Waals surface area (Å²) in [5.41, 5.74) is 5.65. The van der Waals surface area contributed by atoms with Crippen molar-refractivity contribution in [3.8, 4) is 11.3 Å². The van der Waals surface area contributed by atoms with Gasteiger partial charge in [0.25, 0.3) is 0 Å². The van der Waals surface area contributed by atoms with Crippen LogP contribution < -0.4 is 0 Å². The van der Waals surface area contributed by atoms with Gasteiger partial charge < -0.3 is 23.7 Å². The van der Waals surface area contributed by atoms with Gasteiger partial charge in [-0.3, -0.25) is 13.6 Å². The van der Waals surface area contributed by atoms with Gasteiger partial charge in [0.2, 0.25) is 0 Å². The van der Waals surface area contributed by atoms with Gasteiger partial charge in [0.05, 0.1) is 42.6 Å². The lowest BCUT2D eigenvalue weighted by Gasteiger charge is -2.30. The van der Waals surface area contributed by atoms with E-state index in [1.807, 2.05) is 75.2 Å². The molecule has 17 heteroatoms. The fourth-order valence-electron chi connectivity index (χ4n) is 6.06. The van der Waals surface area contributed by atoms with Gasteiger partial charge in [0, 0.05) is 31.0 Å². The Morgan fingerprint density at radius 2 is 1.30 bits per heavy atom. The second kappa shape index (κ2) is 16.9. The third kappa shape index (κ3) is 9.49. The van der Waals surface area contributed by atoms with Crippen molar-refractivity contribution in [2.24, 2.45) is 0 Å². The Morgan fingerprint density at radius 3 is 1.79 bits per heavy atom. The number of aldehydes is 1. The van der Waals surface area contributed by atoms with E-state index < -0.39 is 11.2 Å². The first-order chi connectivity index (χ1) is 26.6. The average Bonchev–Trinajstić information content (AvgIpc) is 3.91. The molecule has 7 heterocycles. The van der Waals surface area contributed by atoms with E-state index in [1.165, 1.54) is 18.0 Å². The van der Waals surface area contributed by atoms with Crippen LogP contribution in [0.15, 0.2) is 68.3 Å². The highest BCUT2D eigenvalue weighted by molar-refractivity contribution is 9.10. The van der Waals surface area contributed by atoms with E-state index in [2.05, 4.69) is 38.0 Å². The maximum Gasteiger partial charge on any atom is 0.410 e. The molecule has 0 spiro atoms.